The lowest BCUT2D eigenvalue weighted by Gasteiger charge is -2.23. The van der Waals surface area contributed by atoms with Crippen LogP contribution >= 0.6 is 0 Å². The zero-order valence-electron chi connectivity index (χ0n) is 16.1. The van der Waals surface area contributed by atoms with Gasteiger partial charge in [-0.25, -0.2) is 0 Å². The third kappa shape index (κ3) is 4.38. The largest absolute Gasteiger partial charge is 0.355 e. The molecule has 1 aliphatic heterocycles. The minimum atomic E-state index is -0.883. The summed E-state index contributed by atoms with van der Waals surface area (Å²) in [5, 5.41) is 8.42. The molecule has 0 saturated heterocycles. The number of amides is 2. The number of benzene rings is 2. The van der Waals surface area contributed by atoms with Gasteiger partial charge in [0.05, 0.1) is 11.5 Å². The molecule has 0 bridgehead atoms. The van der Waals surface area contributed by atoms with Crippen molar-refractivity contribution in [2.24, 2.45) is 0 Å². The van der Waals surface area contributed by atoms with Crippen molar-refractivity contribution in [2.45, 2.75) is 18.8 Å². The fourth-order valence-electron chi connectivity index (χ4n) is 3.41. The molecule has 4 N–H and O–H groups in total. The SMILES string of the molecule is O=C1C[C@H](C(=O)NCCc2ccccc2)c2c(nc(Nc3ccccc3)[nH]c2=O)N1. The average Bonchev–Trinajstić information content (AvgIpc) is 2.74. The van der Waals surface area contributed by atoms with Crippen molar-refractivity contribution in [3.8, 4) is 0 Å². The molecule has 0 unspecified atom stereocenters. The summed E-state index contributed by atoms with van der Waals surface area (Å²) < 4.78 is 0. The third-order valence-corrected chi connectivity index (χ3v) is 4.86. The van der Waals surface area contributed by atoms with Gasteiger partial charge in [0.15, 0.2) is 0 Å². The highest BCUT2D eigenvalue weighted by molar-refractivity contribution is 6.00. The zero-order valence-corrected chi connectivity index (χ0v) is 16.1. The van der Waals surface area contributed by atoms with Gasteiger partial charge in [0.2, 0.25) is 17.8 Å². The van der Waals surface area contributed by atoms with E-state index in [1.165, 1.54) is 0 Å². The number of hydrogen-bond donors (Lipinski definition) is 4. The van der Waals surface area contributed by atoms with E-state index in [9.17, 15) is 14.4 Å². The van der Waals surface area contributed by atoms with E-state index >= 15 is 0 Å². The van der Waals surface area contributed by atoms with Crippen molar-refractivity contribution >= 4 is 29.3 Å². The van der Waals surface area contributed by atoms with Crippen molar-refractivity contribution < 1.29 is 9.59 Å². The molecule has 4 rings (SSSR count). The van der Waals surface area contributed by atoms with E-state index in [1.54, 1.807) is 0 Å². The monoisotopic (exact) mass is 403 g/mol. The Morgan fingerprint density at radius 1 is 1.03 bits per heavy atom. The maximum absolute atomic E-state index is 12.7. The van der Waals surface area contributed by atoms with Gasteiger partial charge >= 0.3 is 0 Å². The second-order valence-electron chi connectivity index (χ2n) is 7.00. The van der Waals surface area contributed by atoms with Gasteiger partial charge in [-0.2, -0.15) is 4.98 Å². The van der Waals surface area contributed by atoms with Crippen LogP contribution in [0.25, 0.3) is 0 Å². The average molecular weight is 403 g/mol. The Balaban J connectivity index is 1.51. The highest BCUT2D eigenvalue weighted by atomic mass is 16.2. The molecule has 3 aromatic rings. The van der Waals surface area contributed by atoms with Crippen molar-refractivity contribution in [3.05, 3.63) is 82.1 Å². The van der Waals surface area contributed by atoms with Gasteiger partial charge in [-0.3, -0.25) is 19.4 Å². The van der Waals surface area contributed by atoms with Crippen LogP contribution in [0.1, 0.15) is 23.5 Å². The third-order valence-electron chi connectivity index (χ3n) is 4.86. The lowest BCUT2D eigenvalue weighted by Crippen LogP contribution is -2.39. The minimum Gasteiger partial charge on any atom is -0.355 e. The van der Waals surface area contributed by atoms with Crippen molar-refractivity contribution in [1.82, 2.24) is 15.3 Å². The zero-order chi connectivity index (χ0) is 20.9. The lowest BCUT2D eigenvalue weighted by atomic mass is 9.92. The van der Waals surface area contributed by atoms with Crippen LogP contribution in [0.2, 0.25) is 0 Å². The van der Waals surface area contributed by atoms with E-state index in [4.69, 9.17) is 0 Å². The van der Waals surface area contributed by atoms with Crippen LogP contribution in [0.15, 0.2) is 65.5 Å². The fraction of sp³-hybridized carbons (Fsp3) is 0.182. The molecule has 0 radical (unpaired) electrons. The smallest absolute Gasteiger partial charge is 0.258 e. The van der Waals surface area contributed by atoms with E-state index in [-0.39, 0.29) is 35.6 Å². The Kier molecular flexibility index (Phi) is 5.56. The second-order valence-corrected chi connectivity index (χ2v) is 7.00. The van der Waals surface area contributed by atoms with Crippen LogP contribution in [0, 0.1) is 0 Å². The standard InChI is InChI=1S/C22H21N5O3/c28-17-13-16(20(29)23-12-11-14-7-3-1-4-8-14)18-19(25-17)26-22(27-21(18)30)24-15-9-5-2-6-10-15/h1-10,16H,11-13H2,(H,23,29)(H3,24,25,26,27,28,30)/t16-/m0/s1. The molecule has 2 aromatic carbocycles. The predicted octanol–water partition coefficient (Wildman–Crippen LogP) is 2.30. The van der Waals surface area contributed by atoms with Gasteiger partial charge in [0.1, 0.15) is 5.82 Å². The number of nitrogens with one attached hydrogen (secondary N) is 4. The number of aromatic amines is 1. The molecule has 30 heavy (non-hydrogen) atoms. The Bertz CT molecular complexity index is 1110. The summed E-state index contributed by atoms with van der Waals surface area (Å²) >= 11 is 0. The number of anilines is 3. The molecule has 1 aromatic heterocycles. The summed E-state index contributed by atoms with van der Waals surface area (Å²) in [5.41, 5.74) is 1.54. The van der Waals surface area contributed by atoms with Crippen LogP contribution in [0.3, 0.4) is 0 Å². The first-order chi connectivity index (χ1) is 14.6. The first-order valence-corrected chi connectivity index (χ1v) is 9.68. The molecule has 8 heteroatoms. The molecule has 0 fully saturated rings. The number of aromatic nitrogens is 2. The summed E-state index contributed by atoms with van der Waals surface area (Å²) in [4.78, 5) is 44.6. The highest BCUT2D eigenvalue weighted by Crippen LogP contribution is 2.29. The van der Waals surface area contributed by atoms with Crippen LogP contribution < -0.4 is 21.5 Å². The summed E-state index contributed by atoms with van der Waals surface area (Å²) in [5.74, 6) is -1.30. The molecule has 2 heterocycles. The lowest BCUT2D eigenvalue weighted by molar-refractivity contribution is -0.126. The molecule has 2 amide bonds. The van der Waals surface area contributed by atoms with Gasteiger partial charge < -0.3 is 16.0 Å². The van der Waals surface area contributed by atoms with Crippen LogP contribution in [0.5, 0.6) is 0 Å². The molecule has 1 atom stereocenters. The van der Waals surface area contributed by atoms with E-state index in [1.807, 2.05) is 60.7 Å². The van der Waals surface area contributed by atoms with E-state index in [0.29, 0.717) is 13.0 Å². The predicted molar refractivity (Wildman–Crippen MR) is 114 cm³/mol. The quantitative estimate of drug-likeness (QED) is 0.504. The Hall–Kier alpha value is -3.94. The molecule has 0 saturated carbocycles. The molecular weight excluding hydrogens is 382 g/mol. The summed E-state index contributed by atoms with van der Waals surface area (Å²) in [6.07, 6.45) is 0.563. The topological polar surface area (TPSA) is 116 Å². The molecule has 0 aliphatic carbocycles. The Morgan fingerprint density at radius 3 is 2.47 bits per heavy atom. The first kappa shape index (κ1) is 19.4. The first-order valence-electron chi connectivity index (χ1n) is 9.68. The summed E-state index contributed by atoms with van der Waals surface area (Å²) in [6, 6.07) is 19.0. The number of H-pyrrole nitrogens is 1. The maximum Gasteiger partial charge on any atom is 0.258 e. The van der Waals surface area contributed by atoms with E-state index < -0.39 is 11.5 Å². The number of carbonyl (C=O) groups is 2. The second kappa shape index (κ2) is 8.60. The van der Waals surface area contributed by atoms with Crippen LogP contribution in [0.4, 0.5) is 17.5 Å². The van der Waals surface area contributed by atoms with Gasteiger partial charge in [-0.15, -0.1) is 0 Å². The van der Waals surface area contributed by atoms with Gasteiger partial charge in [-0.05, 0) is 24.1 Å². The molecule has 1 aliphatic rings. The van der Waals surface area contributed by atoms with Crippen molar-refractivity contribution in [2.75, 3.05) is 17.2 Å². The number of nitrogens with zero attached hydrogens (tertiary/aromatic N) is 1. The van der Waals surface area contributed by atoms with E-state index in [2.05, 4.69) is 25.9 Å². The van der Waals surface area contributed by atoms with Crippen LogP contribution in [-0.2, 0) is 16.0 Å². The molecule has 8 nitrogen and oxygen atoms in total. The maximum atomic E-state index is 12.7. The van der Waals surface area contributed by atoms with Crippen LogP contribution in [-0.4, -0.2) is 28.3 Å². The highest BCUT2D eigenvalue weighted by Gasteiger charge is 2.34. The molecule has 152 valence electrons. The number of rotatable bonds is 6. The Morgan fingerprint density at radius 2 is 1.73 bits per heavy atom. The fourth-order valence-corrected chi connectivity index (χ4v) is 3.41. The summed E-state index contributed by atoms with van der Waals surface area (Å²) in [6.45, 7) is 0.412. The van der Waals surface area contributed by atoms with Crippen molar-refractivity contribution in [1.29, 1.82) is 0 Å². The number of carbonyl (C=O) groups excluding carboxylic acids is 2. The summed E-state index contributed by atoms with van der Waals surface area (Å²) in [7, 11) is 0. The van der Waals surface area contributed by atoms with Gasteiger partial charge in [-0.1, -0.05) is 48.5 Å². The number of hydrogen-bond acceptors (Lipinski definition) is 5. The molecular formula is C22H21N5O3. The normalized spacial score (nSPS) is 15.1. The van der Waals surface area contributed by atoms with E-state index in [0.717, 1.165) is 11.3 Å². The van der Waals surface area contributed by atoms with Crippen molar-refractivity contribution in [3.63, 3.8) is 0 Å². The molecule has 0 spiro atoms. The number of fused-ring (bicyclic) bond motifs is 1. The number of para-hydroxylation sites is 1. The van der Waals surface area contributed by atoms with Gasteiger partial charge in [0, 0.05) is 18.7 Å². The van der Waals surface area contributed by atoms with Gasteiger partial charge in [0.25, 0.3) is 5.56 Å². The Labute approximate surface area is 172 Å². The minimum absolute atomic E-state index is 0.0968.